The molecule has 1 aromatic heterocycles. The van der Waals surface area contributed by atoms with E-state index in [4.69, 9.17) is 0 Å². The summed E-state index contributed by atoms with van der Waals surface area (Å²) in [5, 5.41) is 7.66. The predicted octanol–water partition coefficient (Wildman–Crippen LogP) is 3.40. The molecule has 104 valence electrons. The number of carbonyl (C=O) groups excluding carboxylic acids is 1. The van der Waals surface area contributed by atoms with Crippen molar-refractivity contribution < 1.29 is 9.18 Å². The van der Waals surface area contributed by atoms with Gasteiger partial charge in [-0.25, -0.2) is 9.07 Å². The van der Waals surface area contributed by atoms with Gasteiger partial charge in [-0.15, -0.1) is 5.10 Å². The van der Waals surface area contributed by atoms with Crippen molar-refractivity contribution in [3.63, 3.8) is 0 Å². The molecule has 0 unspecified atom stereocenters. The number of hydrogen-bond acceptors (Lipinski definition) is 3. The lowest BCUT2D eigenvalue weighted by atomic mass is 10.1. The normalized spacial score (nSPS) is 10.6. The first kappa shape index (κ1) is 13.6. The Labute approximate surface area is 128 Å². The molecule has 0 N–H and O–H groups in total. The van der Waals surface area contributed by atoms with Gasteiger partial charge in [0.1, 0.15) is 11.5 Å². The van der Waals surface area contributed by atoms with Crippen molar-refractivity contribution in [1.29, 1.82) is 0 Å². The maximum absolute atomic E-state index is 13.9. The molecule has 0 atom stereocenters. The molecule has 0 aliphatic carbocycles. The number of halogens is 2. The van der Waals surface area contributed by atoms with Gasteiger partial charge in [0.15, 0.2) is 0 Å². The topological polar surface area (TPSA) is 47.8 Å². The molecule has 6 heteroatoms. The van der Waals surface area contributed by atoms with Gasteiger partial charge in [-0.05, 0) is 40.2 Å². The van der Waals surface area contributed by atoms with Crippen molar-refractivity contribution in [2.24, 2.45) is 0 Å². The van der Waals surface area contributed by atoms with Crippen molar-refractivity contribution in [3.05, 3.63) is 76.3 Å². The Hall–Kier alpha value is -2.34. The van der Waals surface area contributed by atoms with Crippen LogP contribution >= 0.6 is 15.9 Å². The molecule has 0 fully saturated rings. The average Bonchev–Trinajstić information content (AvgIpc) is 2.97. The fourth-order valence-corrected chi connectivity index (χ4v) is 2.51. The second kappa shape index (κ2) is 5.57. The molecular weight excluding hydrogens is 337 g/mol. The van der Waals surface area contributed by atoms with Crippen LogP contribution in [0, 0.1) is 5.82 Å². The highest BCUT2D eigenvalue weighted by Gasteiger charge is 2.22. The van der Waals surface area contributed by atoms with E-state index in [2.05, 4.69) is 26.2 Å². The molecule has 0 radical (unpaired) electrons. The van der Waals surface area contributed by atoms with Crippen molar-refractivity contribution in [3.8, 4) is 5.69 Å². The molecule has 0 amide bonds. The van der Waals surface area contributed by atoms with E-state index in [1.807, 2.05) is 18.2 Å². The van der Waals surface area contributed by atoms with Crippen molar-refractivity contribution in [1.82, 2.24) is 15.0 Å². The third kappa shape index (κ3) is 2.50. The number of carbonyl (C=O) groups is 1. The number of rotatable bonds is 3. The van der Waals surface area contributed by atoms with Crippen LogP contribution < -0.4 is 0 Å². The highest BCUT2D eigenvalue weighted by Crippen LogP contribution is 2.23. The Bertz CT molecular complexity index is 781. The first-order valence-electron chi connectivity index (χ1n) is 6.13. The van der Waals surface area contributed by atoms with Crippen LogP contribution in [0.1, 0.15) is 16.1 Å². The summed E-state index contributed by atoms with van der Waals surface area (Å²) in [6.07, 6.45) is 1.33. The van der Waals surface area contributed by atoms with Crippen LogP contribution in [0.25, 0.3) is 5.69 Å². The Morgan fingerprint density at radius 2 is 1.86 bits per heavy atom. The molecule has 2 aromatic carbocycles. The van der Waals surface area contributed by atoms with E-state index in [1.54, 1.807) is 18.2 Å². The van der Waals surface area contributed by atoms with Crippen LogP contribution in [0.4, 0.5) is 4.39 Å². The third-order valence-electron chi connectivity index (χ3n) is 2.97. The zero-order chi connectivity index (χ0) is 14.8. The highest BCUT2D eigenvalue weighted by molar-refractivity contribution is 9.10. The van der Waals surface area contributed by atoms with Crippen molar-refractivity contribution in [2.45, 2.75) is 0 Å². The second-order valence-electron chi connectivity index (χ2n) is 4.29. The minimum atomic E-state index is -0.588. The predicted molar refractivity (Wildman–Crippen MR) is 78.9 cm³/mol. The standard InChI is InChI=1S/C15H9BrFN3O/c16-11-7-4-8-12(17)14(11)15(21)13-9-18-19-20(13)10-5-2-1-3-6-10/h1-9H. The van der Waals surface area contributed by atoms with Crippen LogP contribution in [0.15, 0.2) is 59.2 Å². The van der Waals surface area contributed by atoms with Crippen LogP contribution in [-0.4, -0.2) is 20.8 Å². The van der Waals surface area contributed by atoms with Crippen LogP contribution in [0.2, 0.25) is 0 Å². The monoisotopic (exact) mass is 345 g/mol. The van der Waals surface area contributed by atoms with Crippen molar-refractivity contribution >= 4 is 21.7 Å². The van der Waals surface area contributed by atoms with Crippen LogP contribution in [0.3, 0.4) is 0 Å². The summed E-state index contributed by atoms with van der Waals surface area (Å²) >= 11 is 3.20. The largest absolute Gasteiger partial charge is 0.287 e. The van der Waals surface area contributed by atoms with Gasteiger partial charge in [0.05, 0.1) is 17.4 Å². The molecular formula is C15H9BrFN3O. The molecule has 0 spiro atoms. The van der Waals surface area contributed by atoms with Crippen LogP contribution in [-0.2, 0) is 0 Å². The Balaban J connectivity index is 2.11. The Morgan fingerprint density at radius 3 is 2.57 bits per heavy atom. The average molecular weight is 346 g/mol. The zero-order valence-corrected chi connectivity index (χ0v) is 12.3. The lowest BCUT2D eigenvalue weighted by Crippen LogP contribution is -2.12. The van der Waals surface area contributed by atoms with E-state index in [0.29, 0.717) is 10.2 Å². The van der Waals surface area contributed by atoms with Gasteiger partial charge in [-0.2, -0.15) is 0 Å². The van der Waals surface area contributed by atoms with Gasteiger partial charge >= 0.3 is 0 Å². The number of ketones is 1. The van der Waals surface area contributed by atoms with Gasteiger partial charge in [-0.3, -0.25) is 4.79 Å². The molecule has 3 rings (SSSR count). The molecule has 21 heavy (non-hydrogen) atoms. The summed E-state index contributed by atoms with van der Waals surface area (Å²) in [4.78, 5) is 12.6. The maximum atomic E-state index is 13.9. The molecule has 0 aliphatic heterocycles. The summed E-state index contributed by atoms with van der Waals surface area (Å²) < 4.78 is 15.7. The number of benzene rings is 2. The van der Waals surface area contributed by atoms with Gasteiger partial charge < -0.3 is 0 Å². The molecule has 0 aliphatic rings. The number of hydrogen-bond donors (Lipinski definition) is 0. The van der Waals surface area contributed by atoms with Gasteiger partial charge in [-0.1, -0.05) is 29.5 Å². The van der Waals surface area contributed by atoms with E-state index in [-0.39, 0.29) is 11.3 Å². The summed E-state index contributed by atoms with van der Waals surface area (Å²) in [5.41, 5.74) is 0.856. The Kier molecular flexibility index (Phi) is 3.62. The third-order valence-corrected chi connectivity index (χ3v) is 3.63. The highest BCUT2D eigenvalue weighted by atomic mass is 79.9. The Morgan fingerprint density at radius 1 is 1.10 bits per heavy atom. The fraction of sp³-hybridized carbons (Fsp3) is 0. The van der Waals surface area contributed by atoms with Crippen LogP contribution in [0.5, 0.6) is 0 Å². The minimum absolute atomic E-state index is 0.0306. The summed E-state index contributed by atoms with van der Waals surface area (Å²) in [6, 6.07) is 13.5. The fourth-order valence-electron chi connectivity index (χ4n) is 1.99. The first-order valence-corrected chi connectivity index (χ1v) is 6.92. The molecule has 1 heterocycles. The van der Waals surface area contributed by atoms with Crippen molar-refractivity contribution in [2.75, 3.05) is 0 Å². The number of aromatic nitrogens is 3. The molecule has 0 saturated carbocycles. The molecule has 4 nitrogen and oxygen atoms in total. The minimum Gasteiger partial charge on any atom is -0.287 e. The molecule has 0 bridgehead atoms. The molecule has 0 saturated heterocycles. The maximum Gasteiger partial charge on any atom is 0.217 e. The van der Waals surface area contributed by atoms with Gasteiger partial charge in [0.2, 0.25) is 5.78 Å². The first-order chi connectivity index (χ1) is 10.2. The van der Waals surface area contributed by atoms with E-state index in [0.717, 1.165) is 0 Å². The smallest absolute Gasteiger partial charge is 0.217 e. The zero-order valence-electron chi connectivity index (χ0n) is 10.7. The van der Waals surface area contributed by atoms with E-state index >= 15 is 0 Å². The number of nitrogens with zero attached hydrogens (tertiary/aromatic N) is 3. The summed E-state index contributed by atoms with van der Waals surface area (Å²) in [5.74, 6) is -1.07. The van der Waals surface area contributed by atoms with Gasteiger partial charge in [0, 0.05) is 4.47 Å². The van der Waals surface area contributed by atoms with E-state index in [9.17, 15) is 9.18 Å². The van der Waals surface area contributed by atoms with Gasteiger partial charge in [0.25, 0.3) is 0 Å². The van der Waals surface area contributed by atoms with E-state index in [1.165, 1.54) is 23.0 Å². The lowest BCUT2D eigenvalue weighted by molar-refractivity contribution is 0.102. The lowest BCUT2D eigenvalue weighted by Gasteiger charge is -2.07. The number of para-hydroxylation sites is 1. The summed E-state index contributed by atoms with van der Waals surface area (Å²) in [7, 11) is 0. The second-order valence-corrected chi connectivity index (χ2v) is 5.15. The quantitative estimate of drug-likeness (QED) is 0.683. The van der Waals surface area contributed by atoms with E-state index < -0.39 is 11.6 Å². The molecule has 3 aromatic rings. The summed E-state index contributed by atoms with van der Waals surface area (Å²) in [6.45, 7) is 0. The SMILES string of the molecule is O=C(c1c(F)cccc1Br)c1cnnn1-c1ccccc1.